The van der Waals surface area contributed by atoms with E-state index in [2.05, 4.69) is 20.9 Å². The Labute approximate surface area is 207 Å². The monoisotopic (exact) mass is 527 g/mol. The zero-order valence-electron chi connectivity index (χ0n) is 19.7. The van der Waals surface area contributed by atoms with Crippen molar-refractivity contribution in [2.75, 3.05) is 20.8 Å². The van der Waals surface area contributed by atoms with Crippen LogP contribution >= 0.6 is 15.9 Å². The van der Waals surface area contributed by atoms with E-state index in [1.165, 1.54) is 14.2 Å². The maximum Gasteiger partial charge on any atom is 0.340 e. The van der Waals surface area contributed by atoms with Gasteiger partial charge in [0.05, 0.1) is 43.3 Å². The number of pyridine rings is 1. The van der Waals surface area contributed by atoms with E-state index in [-0.39, 0.29) is 11.1 Å². The number of rotatable bonds is 8. The largest absolute Gasteiger partial charge is 0.490 e. The van der Waals surface area contributed by atoms with Gasteiger partial charge in [-0.3, -0.25) is 4.98 Å². The quantitative estimate of drug-likeness (QED) is 0.348. The van der Waals surface area contributed by atoms with E-state index >= 15 is 0 Å². The number of carbonyl (C=O) groups excluding carboxylic acids is 2. The van der Waals surface area contributed by atoms with Gasteiger partial charge in [0.2, 0.25) is 0 Å². The molecule has 34 heavy (non-hydrogen) atoms. The number of esters is 2. The topological polar surface area (TPSA) is 84.0 Å². The van der Waals surface area contributed by atoms with Gasteiger partial charge in [-0.25, -0.2) is 9.59 Å². The molecule has 0 fully saturated rings. The molecule has 8 heteroatoms. The standard InChI is InChI=1S/C26H26BrNO6/c1-6-33-21-13-18(10-11-20(21)34-14-17-8-7-9-19(27)12-17)24-22(25(29)31-4)15(2)28-16(3)23(24)26(30)32-5/h7-13H,6,14H2,1-5H3. The highest BCUT2D eigenvalue weighted by Gasteiger charge is 2.28. The Morgan fingerprint density at radius 2 is 1.53 bits per heavy atom. The molecule has 0 N–H and O–H groups in total. The lowest BCUT2D eigenvalue weighted by Gasteiger charge is -2.19. The zero-order valence-corrected chi connectivity index (χ0v) is 21.3. The second-order valence-corrected chi connectivity index (χ2v) is 8.32. The average Bonchev–Trinajstić information content (AvgIpc) is 2.82. The van der Waals surface area contributed by atoms with Crippen LogP contribution in [-0.4, -0.2) is 37.7 Å². The molecular formula is C26H26BrNO6. The van der Waals surface area contributed by atoms with E-state index in [1.54, 1.807) is 32.0 Å². The van der Waals surface area contributed by atoms with Crippen LogP contribution in [0.5, 0.6) is 11.5 Å². The van der Waals surface area contributed by atoms with Crippen molar-refractivity contribution in [1.82, 2.24) is 4.98 Å². The molecular weight excluding hydrogens is 502 g/mol. The van der Waals surface area contributed by atoms with Crippen molar-refractivity contribution in [3.05, 3.63) is 75.0 Å². The Morgan fingerprint density at radius 3 is 2.09 bits per heavy atom. The van der Waals surface area contributed by atoms with Gasteiger partial charge in [-0.2, -0.15) is 0 Å². The average molecular weight is 528 g/mol. The van der Waals surface area contributed by atoms with E-state index in [9.17, 15) is 9.59 Å². The predicted octanol–water partition coefficient (Wildman–Crippen LogP) is 5.68. The third kappa shape index (κ3) is 5.39. The fourth-order valence-electron chi connectivity index (χ4n) is 3.68. The van der Waals surface area contributed by atoms with Crippen molar-refractivity contribution in [1.29, 1.82) is 0 Å². The van der Waals surface area contributed by atoms with E-state index < -0.39 is 11.9 Å². The predicted molar refractivity (Wildman–Crippen MR) is 131 cm³/mol. The summed E-state index contributed by atoms with van der Waals surface area (Å²) >= 11 is 3.46. The van der Waals surface area contributed by atoms with E-state index in [0.29, 0.717) is 47.2 Å². The fourth-order valence-corrected chi connectivity index (χ4v) is 4.13. The first kappa shape index (κ1) is 25.2. The van der Waals surface area contributed by atoms with Crippen LogP contribution in [0.15, 0.2) is 46.9 Å². The van der Waals surface area contributed by atoms with Crippen LogP contribution in [0.4, 0.5) is 0 Å². The summed E-state index contributed by atoms with van der Waals surface area (Å²) in [4.78, 5) is 29.8. The molecule has 0 saturated carbocycles. The van der Waals surface area contributed by atoms with Crippen LogP contribution in [0.25, 0.3) is 11.1 Å². The molecule has 0 aliphatic rings. The van der Waals surface area contributed by atoms with Crippen LogP contribution in [0.2, 0.25) is 0 Å². The second kappa shape index (κ2) is 11.2. The third-order valence-electron chi connectivity index (χ3n) is 5.15. The highest BCUT2D eigenvalue weighted by Crippen LogP contribution is 2.38. The first-order chi connectivity index (χ1) is 16.3. The number of hydrogen-bond acceptors (Lipinski definition) is 7. The molecule has 2 aromatic carbocycles. The van der Waals surface area contributed by atoms with Crippen LogP contribution < -0.4 is 9.47 Å². The summed E-state index contributed by atoms with van der Waals surface area (Å²) in [5, 5.41) is 0. The highest BCUT2D eigenvalue weighted by molar-refractivity contribution is 9.10. The lowest BCUT2D eigenvalue weighted by molar-refractivity contribution is 0.0599. The number of nitrogens with zero attached hydrogens (tertiary/aromatic N) is 1. The Balaban J connectivity index is 2.14. The van der Waals surface area contributed by atoms with Gasteiger partial charge in [-0.05, 0) is 56.2 Å². The first-order valence-electron chi connectivity index (χ1n) is 10.6. The molecule has 0 amide bonds. The number of halogens is 1. The molecule has 0 radical (unpaired) electrons. The molecule has 0 spiro atoms. The Bertz CT molecular complexity index is 1180. The minimum Gasteiger partial charge on any atom is -0.490 e. The van der Waals surface area contributed by atoms with Crippen molar-refractivity contribution >= 4 is 27.9 Å². The molecule has 7 nitrogen and oxygen atoms in total. The number of ether oxygens (including phenoxy) is 4. The molecule has 1 heterocycles. The lowest BCUT2D eigenvalue weighted by atomic mass is 9.92. The minimum absolute atomic E-state index is 0.193. The summed E-state index contributed by atoms with van der Waals surface area (Å²) in [5.74, 6) is -0.183. The van der Waals surface area contributed by atoms with Gasteiger partial charge >= 0.3 is 11.9 Å². The molecule has 3 aromatic rings. The van der Waals surface area contributed by atoms with E-state index in [0.717, 1.165) is 10.0 Å². The molecule has 1 aromatic heterocycles. The van der Waals surface area contributed by atoms with Crippen molar-refractivity contribution in [3.8, 4) is 22.6 Å². The lowest BCUT2D eigenvalue weighted by Crippen LogP contribution is -2.16. The summed E-state index contributed by atoms with van der Waals surface area (Å²) in [6, 6.07) is 13.1. The number of benzene rings is 2. The normalized spacial score (nSPS) is 10.5. The molecule has 0 unspecified atom stereocenters. The minimum atomic E-state index is -0.599. The van der Waals surface area contributed by atoms with Gasteiger partial charge in [-0.1, -0.05) is 34.1 Å². The molecule has 178 valence electrons. The Kier molecular flexibility index (Phi) is 8.28. The van der Waals surface area contributed by atoms with E-state index in [4.69, 9.17) is 18.9 Å². The van der Waals surface area contributed by atoms with Crippen molar-refractivity contribution in [3.63, 3.8) is 0 Å². The van der Waals surface area contributed by atoms with Crippen LogP contribution in [0, 0.1) is 13.8 Å². The summed E-state index contributed by atoms with van der Waals surface area (Å²) in [5.41, 5.74) is 3.22. The van der Waals surface area contributed by atoms with Gasteiger partial charge in [0.1, 0.15) is 6.61 Å². The van der Waals surface area contributed by atoms with Crippen molar-refractivity contribution < 1.29 is 28.5 Å². The first-order valence-corrected chi connectivity index (χ1v) is 11.4. The molecule has 0 atom stereocenters. The molecule has 0 aliphatic heterocycles. The highest BCUT2D eigenvalue weighted by atomic mass is 79.9. The van der Waals surface area contributed by atoms with Crippen LogP contribution in [0.1, 0.15) is 44.6 Å². The molecule has 0 saturated heterocycles. The van der Waals surface area contributed by atoms with Gasteiger partial charge in [0.15, 0.2) is 11.5 Å². The second-order valence-electron chi connectivity index (χ2n) is 7.40. The van der Waals surface area contributed by atoms with Gasteiger partial charge in [0, 0.05) is 10.0 Å². The van der Waals surface area contributed by atoms with Crippen LogP contribution in [-0.2, 0) is 16.1 Å². The Hall–Kier alpha value is -3.39. The molecule has 3 rings (SSSR count). The molecule has 0 bridgehead atoms. The van der Waals surface area contributed by atoms with Crippen molar-refractivity contribution in [2.45, 2.75) is 27.4 Å². The van der Waals surface area contributed by atoms with Crippen molar-refractivity contribution in [2.24, 2.45) is 0 Å². The third-order valence-corrected chi connectivity index (χ3v) is 5.65. The Morgan fingerprint density at radius 1 is 0.882 bits per heavy atom. The van der Waals surface area contributed by atoms with Gasteiger partial charge in [0.25, 0.3) is 0 Å². The van der Waals surface area contributed by atoms with Gasteiger partial charge < -0.3 is 18.9 Å². The van der Waals surface area contributed by atoms with E-state index in [1.807, 2.05) is 31.2 Å². The number of aryl methyl sites for hydroxylation is 2. The number of hydrogen-bond donors (Lipinski definition) is 0. The van der Waals surface area contributed by atoms with Gasteiger partial charge in [-0.15, -0.1) is 0 Å². The SMILES string of the molecule is CCOc1cc(-c2c(C(=O)OC)c(C)nc(C)c2C(=O)OC)ccc1OCc1cccc(Br)c1. The summed E-state index contributed by atoms with van der Waals surface area (Å²) in [6.07, 6.45) is 0. The molecule has 0 aliphatic carbocycles. The number of aromatic nitrogens is 1. The maximum absolute atomic E-state index is 12.7. The summed E-state index contributed by atoms with van der Waals surface area (Å²) < 4.78 is 22.8. The zero-order chi connectivity index (χ0) is 24.8. The van der Waals surface area contributed by atoms with Crippen LogP contribution in [0.3, 0.4) is 0 Å². The summed E-state index contributed by atoms with van der Waals surface area (Å²) in [7, 11) is 2.57. The summed E-state index contributed by atoms with van der Waals surface area (Å²) in [6.45, 7) is 6.00. The maximum atomic E-state index is 12.7. The number of methoxy groups -OCH3 is 2. The fraction of sp³-hybridized carbons (Fsp3) is 0.269. The number of carbonyl (C=O) groups is 2. The smallest absolute Gasteiger partial charge is 0.340 e.